The Hall–Kier alpha value is -1.40. The van der Waals surface area contributed by atoms with E-state index in [4.69, 9.17) is 0 Å². The van der Waals surface area contributed by atoms with E-state index < -0.39 is 0 Å². The third kappa shape index (κ3) is 4.04. The zero-order valence-electron chi connectivity index (χ0n) is 12.3. The Kier molecular flexibility index (Phi) is 5.36. The molecule has 1 aliphatic heterocycles. The first-order valence-electron chi connectivity index (χ1n) is 7.11. The van der Waals surface area contributed by atoms with E-state index in [1.165, 1.54) is 0 Å². The first-order valence-corrected chi connectivity index (χ1v) is 7.91. The number of piperazine rings is 1. The first kappa shape index (κ1) is 16.0. The van der Waals surface area contributed by atoms with Crippen LogP contribution in [0, 0.1) is 0 Å². The van der Waals surface area contributed by atoms with Crippen molar-refractivity contribution in [3.8, 4) is 0 Å². The average molecular weight is 354 g/mol. The third-order valence-corrected chi connectivity index (χ3v) is 3.94. The Balaban J connectivity index is 2.30. The average Bonchev–Trinajstić information content (AvgIpc) is 2.43. The molecule has 114 valence electrons. The molecule has 1 aliphatic rings. The summed E-state index contributed by atoms with van der Waals surface area (Å²) in [6.07, 6.45) is 1.06. The van der Waals surface area contributed by atoms with Crippen molar-refractivity contribution in [3.05, 3.63) is 28.2 Å². The summed E-state index contributed by atoms with van der Waals surface area (Å²) in [4.78, 5) is 25.0. The number of hydrogen-bond donors (Lipinski definition) is 2. The summed E-state index contributed by atoms with van der Waals surface area (Å²) < 4.78 is 0.933. The van der Waals surface area contributed by atoms with E-state index in [9.17, 15) is 9.59 Å². The minimum absolute atomic E-state index is 0.160. The number of halogens is 1. The Labute approximate surface area is 133 Å². The van der Waals surface area contributed by atoms with Crippen LogP contribution >= 0.6 is 15.9 Å². The Morgan fingerprint density at radius 3 is 2.62 bits per heavy atom. The summed E-state index contributed by atoms with van der Waals surface area (Å²) in [5.74, 6) is -0.516. The van der Waals surface area contributed by atoms with E-state index in [1.54, 1.807) is 0 Å². The summed E-state index contributed by atoms with van der Waals surface area (Å²) in [5.41, 5.74) is 2.01. The van der Waals surface area contributed by atoms with Gasteiger partial charge < -0.3 is 10.2 Å². The fourth-order valence-electron chi connectivity index (χ4n) is 2.44. The molecule has 1 heterocycles. The van der Waals surface area contributed by atoms with E-state index in [1.807, 2.05) is 23.1 Å². The van der Waals surface area contributed by atoms with Crippen molar-refractivity contribution in [2.75, 3.05) is 24.5 Å². The lowest BCUT2D eigenvalue weighted by atomic mass is 10.0. The number of benzene rings is 1. The van der Waals surface area contributed by atoms with Crippen LogP contribution in [0.1, 0.15) is 31.9 Å². The molecule has 2 rings (SSSR count). The highest BCUT2D eigenvalue weighted by Gasteiger charge is 2.25. The van der Waals surface area contributed by atoms with Crippen molar-refractivity contribution < 1.29 is 9.59 Å². The Bertz CT molecular complexity index is 532. The number of amides is 2. The number of anilines is 1. The maximum absolute atomic E-state index is 11.6. The van der Waals surface area contributed by atoms with E-state index in [2.05, 4.69) is 40.4 Å². The highest BCUT2D eigenvalue weighted by molar-refractivity contribution is 9.10. The number of carbonyl (C=O) groups excluding carboxylic acids is 2. The van der Waals surface area contributed by atoms with Crippen molar-refractivity contribution in [1.82, 2.24) is 10.6 Å². The van der Waals surface area contributed by atoms with Crippen molar-refractivity contribution in [2.24, 2.45) is 0 Å². The zero-order chi connectivity index (χ0) is 15.4. The molecule has 1 unspecified atom stereocenters. The van der Waals surface area contributed by atoms with Gasteiger partial charge in [0.15, 0.2) is 0 Å². The van der Waals surface area contributed by atoms with Crippen LogP contribution in [0.3, 0.4) is 0 Å². The standard InChI is InChI=1S/C15H20BrN3O2/c1-3-6-17-10(2)12-5-4-11(16)7-13(12)19-8-14(20)18-15(21)9-19/h4-5,7,10,17H,3,6,8-9H2,1-2H3,(H,18,20,21). The van der Waals surface area contributed by atoms with Gasteiger partial charge in [0, 0.05) is 16.2 Å². The zero-order valence-corrected chi connectivity index (χ0v) is 13.9. The quantitative estimate of drug-likeness (QED) is 0.794. The van der Waals surface area contributed by atoms with Gasteiger partial charge in [0.05, 0.1) is 13.1 Å². The molecule has 21 heavy (non-hydrogen) atoms. The van der Waals surface area contributed by atoms with Crippen molar-refractivity contribution in [2.45, 2.75) is 26.3 Å². The van der Waals surface area contributed by atoms with Crippen molar-refractivity contribution in [3.63, 3.8) is 0 Å². The molecule has 1 aromatic carbocycles. The Morgan fingerprint density at radius 2 is 2.00 bits per heavy atom. The van der Waals surface area contributed by atoms with E-state index in [0.717, 1.165) is 28.7 Å². The second-order valence-electron chi connectivity index (χ2n) is 5.21. The predicted molar refractivity (Wildman–Crippen MR) is 86.2 cm³/mol. The molecule has 0 aromatic heterocycles. The lowest BCUT2D eigenvalue weighted by Gasteiger charge is -2.31. The van der Waals surface area contributed by atoms with E-state index >= 15 is 0 Å². The monoisotopic (exact) mass is 353 g/mol. The lowest BCUT2D eigenvalue weighted by Crippen LogP contribution is -2.51. The van der Waals surface area contributed by atoms with Gasteiger partial charge in [-0.2, -0.15) is 0 Å². The molecule has 5 nitrogen and oxygen atoms in total. The van der Waals surface area contributed by atoms with Crippen molar-refractivity contribution >= 4 is 33.4 Å². The molecule has 1 aromatic rings. The van der Waals surface area contributed by atoms with Gasteiger partial charge in [-0.1, -0.05) is 28.9 Å². The van der Waals surface area contributed by atoms with Crippen LogP contribution in [0.5, 0.6) is 0 Å². The molecule has 1 fully saturated rings. The summed E-state index contributed by atoms with van der Waals surface area (Å²) in [5, 5.41) is 5.77. The van der Waals surface area contributed by atoms with Crippen LogP contribution in [-0.2, 0) is 9.59 Å². The molecular weight excluding hydrogens is 334 g/mol. The molecule has 6 heteroatoms. The SMILES string of the molecule is CCCNC(C)c1ccc(Br)cc1N1CC(=O)NC(=O)C1. The fraction of sp³-hybridized carbons (Fsp3) is 0.467. The normalized spacial score (nSPS) is 16.8. The number of rotatable bonds is 5. The molecule has 1 atom stereocenters. The summed E-state index contributed by atoms with van der Waals surface area (Å²) >= 11 is 3.46. The number of carbonyl (C=O) groups is 2. The molecule has 1 saturated heterocycles. The topological polar surface area (TPSA) is 61.4 Å². The first-order chi connectivity index (χ1) is 10.0. The highest BCUT2D eigenvalue weighted by Crippen LogP contribution is 2.30. The summed E-state index contributed by atoms with van der Waals surface area (Å²) in [6.45, 7) is 5.55. The van der Waals surface area contributed by atoms with Crippen LogP contribution in [0.25, 0.3) is 0 Å². The fourth-order valence-corrected chi connectivity index (χ4v) is 2.78. The second kappa shape index (κ2) is 7.04. The van der Waals surface area contributed by atoms with Gasteiger partial charge in [-0.25, -0.2) is 0 Å². The number of nitrogens with zero attached hydrogens (tertiary/aromatic N) is 1. The summed E-state index contributed by atoms with van der Waals surface area (Å²) in [6, 6.07) is 6.14. The minimum atomic E-state index is -0.258. The molecule has 2 amide bonds. The van der Waals surface area contributed by atoms with Gasteiger partial charge in [-0.3, -0.25) is 14.9 Å². The van der Waals surface area contributed by atoms with Crippen LogP contribution in [0.15, 0.2) is 22.7 Å². The van der Waals surface area contributed by atoms with Gasteiger partial charge in [0.2, 0.25) is 11.8 Å². The van der Waals surface area contributed by atoms with Gasteiger partial charge in [0.25, 0.3) is 0 Å². The highest BCUT2D eigenvalue weighted by atomic mass is 79.9. The predicted octanol–water partition coefficient (Wildman–Crippen LogP) is 1.97. The van der Waals surface area contributed by atoms with Crippen molar-refractivity contribution in [1.29, 1.82) is 0 Å². The lowest BCUT2D eigenvalue weighted by molar-refractivity contribution is -0.130. The molecule has 0 bridgehead atoms. The maximum Gasteiger partial charge on any atom is 0.246 e. The number of hydrogen-bond acceptors (Lipinski definition) is 4. The van der Waals surface area contributed by atoms with Crippen LogP contribution in [-0.4, -0.2) is 31.4 Å². The van der Waals surface area contributed by atoms with Gasteiger partial charge in [-0.05, 0) is 37.6 Å². The molecule has 2 N–H and O–H groups in total. The van der Waals surface area contributed by atoms with Crippen LogP contribution in [0.4, 0.5) is 5.69 Å². The molecule has 0 radical (unpaired) electrons. The largest absolute Gasteiger partial charge is 0.353 e. The van der Waals surface area contributed by atoms with Gasteiger partial charge in [0.1, 0.15) is 0 Å². The third-order valence-electron chi connectivity index (χ3n) is 3.45. The molecule has 0 spiro atoms. The Morgan fingerprint density at radius 1 is 1.33 bits per heavy atom. The van der Waals surface area contributed by atoms with E-state index in [-0.39, 0.29) is 30.9 Å². The van der Waals surface area contributed by atoms with Crippen LogP contribution < -0.4 is 15.5 Å². The summed E-state index contributed by atoms with van der Waals surface area (Å²) in [7, 11) is 0. The van der Waals surface area contributed by atoms with E-state index in [0.29, 0.717) is 0 Å². The van der Waals surface area contributed by atoms with Crippen LogP contribution in [0.2, 0.25) is 0 Å². The second-order valence-corrected chi connectivity index (χ2v) is 6.12. The number of nitrogens with one attached hydrogen (secondary N) is 2. The maximum atomic E-state index is 11.6. The smallest absolute Gasteiger partial charge is 0.246 e. The minimum Gasteiger partial charge on any atom is -0.353 e. The molecule has 0 saturated carbocycles. The molecule has 0 aliphatic carbocycles. The number of imide groups is 1. The van der Waals surface area contributed by atoms with Gasteiger partial charge in [-0.15, -0.1) is 0 Å². The van der Waals surface area contributed by atoms with Gasteiger partial charge >= 0.3 is 0 Å². The molecular formula is C15H20BrN3O2.